The minimum absolute atomic E-state index is 0.175. The third kappa shape index (κ3) is 3.63. The fraction of sp³-hybridized carbons (Fsp3) is 0.235. The molecule has 0 atom stereocenters. The Hall–Kier alpha value is -2.25. The molecule has 5 nitrogen and oxygen atoms in total. The summed E-state index contributed by atoms with van der Waals surface area (Å²) in [4.78, 5) is 21.6. The monoisotopic (exact) mass is 359 g/mol. The van der Waals surface area contributed by atoms with Crippen molar-refractivity contribution in [3.8, 4) is 17.0 Å². The number of thiazole rings is 2. The molecule has 0 spiro atoms. The average molecular weight is 359 g/mol. The maximum Gasteiger partial charge on any atom is 0.269 e. The lowest BCUT2D eigenvalue weighted by molar-refractivity contribution is 0.103. The minimum atomic E-state index is -0.175. The first kappa shape index (κ1) is 16.6. The molecule has 1 N–H and O–H groups in total. The maximum absolute atomic E-state index is 12.3. The fourth-order valence-electron chi connectivity index (χ4n) is 2.15. The van der Waals surface area contributed by atoms with Gasteiger partial charge in [0.15, 0.2) is 5.13 Å². The number of para-hydroxylation sites is 1. The zero-order valence-electron chi connectivity index (χ0n) is 13.4. The number of carbonyl (C=O) groups excluding carboxylic acids is 1. The van der Waals surface area contributed by atoms with Crippen LogP contribution >= 0.6 is 22.7 Å². The van der Waals surface area contributed by atoms with Crippen molar-refractivity contribution in [2.75, 3.05) is 11.9 Å². The molecule has 0 aliphatic heterocycles. The summed E-state index contributed by atoms with van der Waals surface area (Å²) in [6, 6.07) is 7.75. The van der Waals surface area contributed by atoms with Gasteiger partial charge in [0.1, 0.15) is 10.6 Å². The second kappa shape index (κ2) is 7.55. The maximum atomic E-state index is 12.3. The number of anilines is 1. The standard InChI is InChI=1S/C17H17N3O2S2/c1-3-15-18-9-14(24-15)16(21)20-17-19-12(10-23-17)11-7-5-6-8-13(11)22-4-2/h5-10H,3-4H2,1-2H3,(H,19,20,21). The number of nitrogens with zero attached hydrogens (tertiary/aromatic N) is 2. The van der Waals surface area contributed by atoms with E-state index in [0.29, 0.717) is 16.6 Å². The molecule has 0 saturated carbocycles. The Labute approximate surface area is 148 Å². The van der Waals surface area contributed by atoms with Crippen molar-refractivity contribution in [2.45, 2.75) is 20.3 Å². The number of nitrogens with one attached hydrogen (secondary N) is 1. The van der Waals surface area contributed by atoms with E-state index in [2.05, 4.69) is 15.3 Å². The molecule has 1 amide bonds. The van der Waals surface area contributed by atoms with Gasteiger partial charge in [0.2, 0.25) is 0 Å². The van der Waals surface area contributed by atoms with Crippen molar-refractivity contribution in [3.05, 3.63) is 45.7 Å². The summed E-state index contributed by atoms with van der Waals surface area (Å²) in [5.41, 5.74) is 1.71. The topological polar surface area (TPSA) is 64.1 Å². The molecule has 0 fully saturated rings. The predicted octanol–water partition coefficient (Wildman–Crippen LogP) is 4.48. The zero-order valence-corrected chi connectivity index (χ0v) is 15.0. The van der Waals surface area contributed by atoms with Crippen LogP contribution in [0.15, 0.2) is 35.8 Å². The van der Waals surface area contributed by atoms with Crippen molar-refractivity contribution < 1.29 is 9.53 Å². The van der Waals surface area contributed by atoms with Crippen molar-refractivity contribution in [3.63, 3.8) is 0 Å². The number of ether oxygens (including phenoxy) is 1. The molecule has 0 radical (unpaired) electrons. The number of carbonyl (C=O) groups is 1. The first-order valence-electron chi connectivity index (χ1n) is 7.65. The van der Waals surface area contributed by atoms with Crippen LogP contribution in [0.1, 0.15) is 28.5 Å². The van der Waals surface area contributed by atoms with Crippen LogP contribution in [-0.4, -0.2) is 22.5 Å². The van der Waals surface area contributed by atoms with E-state index < -0.39 is 0 Å². The van der Waals surface area contributed by atoms with E-state index in [4.69, 9.17) is 4.74 Å². The van der Waals surface area contributed by atoms with Crippen LogP contribution in [0, 0.1) is 0 Å². The zero-order chi connectivity index (χ0) is 16.9. The van der Waals surface area contributed by atoms with Crippen molar-refractivity contribution in [1.82, 2.24) is 9.97 Å². The van der Waals surface area contributed by atoms with E-state index in [-0.39, 0.29) is 5.91 Å². The van der Waals surface area contributed by atoms with Gasteiger partial charge in [-0.2, -0.15) is 0 Å². The van der Waals surface area contributed by atoms with E-state index in [1.54, 1.807) is 6.20 Å². The molecule has 24 heavy (non-hydrogen) atoms. The predicted molar refractivity (Wildman–Crippen MR) is 98.2 cm³/mol. The van der Waals surface area contributed by atoms with Crippen LogP contribution in [0.3, 0.4) is 0 Å². The normalized spacial score (nSPS) is 10.6. The number of amides is 1. The molecular weight excluding hydrogens is 342 g/mol. The van der Waals surface area contributed by atoms with Crippen molar-refractivity contribution >= 4 is 33.7 Å². The van der Waals surface area contributed by atoms with E-state index in [0.717, 1.165) is 28.4 Å². The van der Waals surface area contributed by atoms with Crippen LogP contribution < -0.4 is 10.1 Å². The van der Waals surface area contributed by atoms with Crippen molar-refractivity contribution in [2.24, 2.45) is 0 Å². The number of benzene rings is 1. The number of aryl methyl sites for hydroxylation is 1. The molecule has 7 heteroatoms. The van der Waals surface area contributed by atoms with Crippen LogP contribution in [-0.2, 0) is 6.42 Å². The third-order valence-electron chi connectivity index (χ3n) is 3.27. The number of hydrogen-bond donors (Lipinski definition) is 1. The molecule has 124 valence electrons. The van der Waals surface area contributed by atoms with Gasteiger partial charge in [-0.05, 0) is 25.5 Å². The lowest BCUT2D eigenvalue weighted by atomic mass is 10.1. The Morgan fingerprint density at radius 3 is 2.88 bits per heavy atom. The van der Waals surface area contributed by atoms with Gasteiger partial charge in [0.05, 0.1) is 23.5 Å². The largest absolute Gasteiger partial charge is 0.493 e. The summed E-state index contributed by atoms with van der Waals surface area (Å²) in [5.74, 6) is 0.615. The molecule has 3 rings (SSSR count). The van der Waals surface area contributed by atoms with Gasteiger partial charge in [-0.25, -0.2) is 9.97 Å². The van der Waals surface area contributed by atoms with Crippen molar-refractivity contribution in [1.29, 1.82) is 0 Å². The molecule has 0 unspecified atom stereocenters. The van der Waals surface area contributed by atoms with Gasteiger partial charge in [0, 0.05) is 10.9 Å². The molecule has 0 aliphatic rings. The van der Waals surface area contributed by atoms with Gasteiger partial charge in [-0.3, -0.25) is 10.1 Å². The van der Waals surface area contributed by atoms with Crippen LogP contribution in [0.5, 0.6) is 5.75 Å². The highest BCUT2D eigenvalue weighted by Crippen LogP contribution is 2.32. The molecule has 2 heterocycles. The Morgan fingerprint density at radius 1 is 1.29 bits per heavy atom. The highest BCUT2D eigenvalue weighted by Gasteiger charge is 2.14. The fourth-order valence-corrected chi connectivity index (χ4v) is 3.61. The van der Waals surface area contributed by atoms with E-state index in [1.807, 2.05) is 43.5 Å². The number of hydrogen-bond acceptors (Lipinski definition) is 6. The highest BCUT2D eigenvalue weighted by atomic mass is 32.1. The lowest BCUT2D eigenvalue weighted by Crippen LogP contribution is -2.09. The van der Waals surface area contributed by atoms with Crippen LogP contribution in [0.4, 0.5) is 5.13 Å². The van der Waals surface area contributed by atoms with Crippen LogP contribution in [0.25, 0.3) is 11.3 Å². The Bertz CT molecular complexity index is 842. The van der Waals surface area contributed by atoms with E-state index in [1.165, 1.54) is 22.7 Å². The summed E-state index contributed by atoms with van der Waals surface area (Å²) in [7, 11) is 0. The summed E-state index contributed by atoms with van der Waals surface area (Å²) in [6.07, 6.45) is 2.44. The van der Waals surface area contributed by atoms with Gasteiger partial charge in [-0.15, -0.1) is 22.7 Å². The van der Waals surface area contributed by atoms with Gasteiger partial charge >= 0.3 is 0 Å². The van der Waals surface area contributed by atoms with Gasteiger partial charge in [-0.1, -0.05) is 19.1 Å². The highest BCUT2D eigenvalue weighted by molar-refractivity contribution is 7.15. The number of rotatable bonds is 6. The minimum Gasteiger partial charge on any atom is -0.493 e. The molecule has 2 aromatic heterocycles. The molecule has 0 saturated heterocycles. The third-order valence-corrected chi connectivity index (χ3v) is 5.17. The summed E-state index contributed by atoms with van der Waals surface area (Å²) >= 11 is 2.80. The first-order valence-corrected chi connectivity index (χ1v) is 9.34. The summed E-state index contributed by atoms with van der Waals surface area (Å²) in [6.45, 7) is 4.56. The van der Waals surface area contributed by atoms with Gasteiger partial charge < -0.3 is 4.74 Å². The summed E-state index contributed by atoms with van der Waals surface area (Å²) < 4.78 is 5.64. The molecule has 3 aromatic rings. The Morgan fingerprint density at radius 2 is 2.12 bits per heavy atom. The Kier molecular flexibility index (Phi) is 5.22. The Balaban J connectivity index is 1.77. The molecular formula is C17H17N3O2S2. The van der Waals surface area contributed by atoms with Crippen LogP contribution in [0.2, 0.25) is 0 Å². The quantitative estimate of drug-likeness (QED) is 0.705. The van der Waals surface area contributed by atoms with Gasteiger partial charge in [0.25, 0.3) is 5.91 Å². The second-order valence-corrected chi connectivity index (χ2v) is 6.87. The molecule has 0 aliphatic carbocycles. The lowest BCUT2D eigenvalue weighted by Gasteiger charge is -2.07. The van der Waals surface area contributed by atoms with E-state index >= 15 is 0 Å². The smallest absolute Gasteiger partial charge is 0.269 e. The summed E-state index contributed by atoms with van der Waals surface area (Å²) in [5, 5.41) is 6.26. The van der Waals surface area contributed by atoms with E-state index in [9.17, 15) is 4.79 Å². The SMILES string of the molecule is CCOc1ccccc1-c1csc(NC(=O)c2cnc(CC)s2)n1. The molecule has 0 bridgehead atoms. The first-order chi connectivity index (χ1) is 11.7. The molecule has 1 aromatic carbocycles. The number of aromatic nitrogens is 2. The average Bonchev–Trinajstić information content (AvgIpc) is 3.25. The second-order valence-electron chi connectivity index (χ2n) is 4.89.